The Balaban J connectivity index is 2.38. The van der Waals surface area contributed by atoms with E-state index < -0.39 is 5.41 Å². The van der Waals surface area contributed by atoms with E-state index in [0.29, 0.717) is 25.9 Å². The monoisotopic (exact) mass is 199 g/mol. The van der Waals surface area contributed by atoms with E-state index in [1.54, 1.807) is 5.06 Å². The van der Waals surface area contributed by atoms with E-state index in [1.807, 2.05) is 20.8 Å². The Hall–Kier alpha value is -0.900. The number of hydrogen-bond acceptors (Lipinski definition) is 4. The van der Waals surface area contributed by atoms with Crippen molar-refractivity contribution >= 4 is 11.8 Å². The zero-order valence-electron chi connectivity index (χ0n) is 9.00. The fourth-order valence-electron chi connectivity index (χ4n) is 1.08. The molecular weight excluding hydrogens is 182 g/mol. The van der Waals surface area contributed by atoms with Crippen molar-refractivity contribution < 1.29 is 14.4 Å². The number of hydroxylamine groups is 2. The lowest BCUT2D eigenvalue weighted by molar-refractivity contribution is -0.204. The number of carbonyl (C=O) groups is 2. The SMILES string of the molecule is CC(C)(C)C(=O)ON1CCC(=O)CC1. The smallest absolute Gasteiger partial charge is 0.330 e. The van der Waals surface area contributed by atoms with Gasteiger partial charge in [-0.05, 0) is 20.8 Å². The third-order valence-corrected chi connectivity index (χ3v) is 2.10. The lowest BCUT2D eigenvalue weighted by Gasteiger charge is -2.27. The van der Waals surface area contributed by atoms with Crippen LogP contribution >= 0.6 is 0 Å². The van der Waals surface area contributed by atoms with Crippen molar-refractivity contribution in [1.82, 2.24) is 5.06 Å². The van der Waals surface area contributed by atoms with Crippen LogP contribution in [0.15, 0.2) is 0 Å². The Bertz CT molecular complexity index is 232. The first kappa shape index (κ1) is 11.2. The van der Waals surface area contributed by atoms with E-state index in [9.17, 15) is 9.59 Å². The summed E-state index contributed by atoms with van der Waals surface area (Å²) in [4.78, 5) is 27.5. The normalized spacial score (nSPS) is 19.5. The number of piperidine rings is 1. The Morgan fingerprint density at radius 1 is 1.29 bits per heavy atom. The van der Waals surface area contributed by atoms with Crippen molar-refractivity contribution in [2.24, 2.45) is 5.41 Å². The summed E-state index contributed by atoms with van der Waals surface area (Å²) < 4.78 is 0. The second-order valence-corrected chi connectivity index (χ2v) is 4.60. The Kier molecular flexibility index (Phi) is 3.26. The average Bonchev–Trinajstić information content (AvgIpc) is 2.07. The van der Waals surface area contributed by atoms with Gasteiger partial charge in [-0.25, -0.2) is 4.79 Å². The maximum atomic E-state index is 11.5. The molecule has 0 atom stereocenters. The van der Waals surface area contributed by atoms with Gasteiger partial charge in [-0.1, -0.05) is 0 Å². The predicted octanol–water partition coefficient (Wildman–Crippen LogP) is 1.16. The largest absolute Gasteiger partial charge is 0.367 e. The molecule has 0 saturated carbocycles. The molecule has 0 radical (unpaired) electrons. The van der Waals surface area contributed by atoms with Crippen LogP contribution in [0.4, 0.5) is 0 Å². The highest BCUT2D eigenvalue weighted by molar-refractivity contribution is 5.79. The van der Waals surface area contributed by atoms with Crippen LogP contribution in [0.1, 0.15) is 33.6 Å². The molecule has 1 fully saturated rings. The minimum absolute atomic E-state index is 0.244. The van der Waals surface area contributed by atoms with Crippen LogP contribution in [-0.4, -0.2) is 29.9 Å². The Morgan fingerprint density at radius 3 is 2.21 bits per heavy atom. The summed E-state index contributed by atoms with van der Waals surface area (Å²) in [5.74, 6) is -0.0000865. The molecule has 0 unspecified atom stereocenters. The van der Waals surface area contributed by atoms with Crippen molar-refractivity contribution in [3.8, 4) is 0 Å². The molecule has 14 heavy (non-hydrogen) atoms. The van der Waals surface area contributed by atoms with Crippen molar-refractivity contribution in [3.63, 3.8) is 0 Å². The van der Waals surface area contributed by atoms with Gasteiger partial charge in [0, 0.05) is 25.9 Å². The van der Waals surface area contributed by atoms with E-state index >= 15 is 0 Å². The highest BCUT2D eigenvalue weighted by Crippen LogP contribution is 2.17. The molecule has 0 amide bonds. The van der Waals surface area contributed by atoms with E-state index in [2.05, 4.69) is 0 Å². The first-order valence-electron chi connectivity index (χ1n) is 4.88. The highest BCUT2D eigenvalue weighted by atomic mass is 16.7. The van der Waals surface area contributed by atoms with Gasteiger partial charge in [-0.3, -0.25) is 4.79 Å². The third-order valence-electron chi connectivity index (χ3n) is 2.10. The number of ketones is 1. The quantitative estimate of drug-likeness (QED) is 0.635. The molecule has 0 aromatic rings. The van der Waals surface area contributed by atoms with Crippen LogP contribution in [-0.2, 0) is 14.4 Å². The number of Topliss-reactive ketones (excluding diaryl/α,β-unsaturated/α-hetero) is 1. The Labute approximate surface area is 84.2 Å². The molecule has 0 bridgehead atoms. The summed E-state index contributed by atoms with van der Waals surface area (Å²) in [6.07, 6.45) is 0.967. The molecule has 1 saturated heterocycles. The molecule has 0 aromatic heterocycles. The summed E-state index contributed by atoms with van der Waals surface area (Å²) in [5.41, 5.74) is -0.485. The zero-order valence-corrected chi connectivity index (χ0v) is 9.00. The minimum Gasteiger partial charge on any atom is -0.367 e. The van der Waals surface area contributed by atoms with Crippen molar-refractivity contribution in [2.45, 2.75) is 33.6 Å². The number of nitrogens with zero attached hydrogens (tertiary/aromatic N) is 1. The predicted molar refractivity (Wildman–Crippen MR) is 51.4 cm³/mol. The summed E-state index contributed by atoms with van der Waals surface area (Å²) in [7, 11) is 0. The first-order chi connectivity index (χ1) is 6.39. The molecule has 0 spiro atoms. The molecule has 4 heteroatoms. The van der Waals surface area contributed by atoms with Gasteiger partial charge in [-0.2, -0.15) is 0 Å². The van der Waals surface area contributed by atoms with Gasteiger partial charge in [0.15, 0.2) is 0 Å². The topological polar surface area (TPSA) is 46.6 Å². The second-order valence-electron chi connectivity index (χ2n) is 4.60. The number of carbonyl (C=O) groups excluding carboxylic acids is 2. The maximum absolute atomic E-state index is 11.5. The molecule has 0 aromatic carbocycles. The minimum atomic E-state index is -0.485. The van der Waals surface area contributed by atoms with Gasteiger partial charge >= 0.3 is 5.97 Å². The standard InChI is InChI=1S/C10H17NO3/c1-10(2,3)9(13)14-11-6-4-8(12)5-7-11/h4-7H2,1-3H3. The molecule has 1 rings (SSSR count). The van der Waals surface area contributed by atoms with Crippen molar-refractivity contribution in [2.75, 3.05) is 13.1 Å². The molecule has 1 heterocycles. The fraction of sp³-hybridized carbons (Fsp3) is 0.800. The summed E-state index contributed by atoms with van der Waals surface area (Å²) in [5, 5.41) is 1.58. The molecular formula is C10H17NO3. The first-order valence-corrected chi connectivity index (χ1v) is 4.88. The van der Waals surface area contributed by atoms with Crippen LogP contribution in [0, 0.1) is 5.41 Å². The second kappa shape index (κ2) is 4.09. The summed E-state index contributed by atoms with van der Waals surface area (Å²) in [6, 6.07) is 0. The molecule has 1 aliphatic heterocycles. The molecule has 4 nitrogen and oxygen atoms in total. The zero-order chi connectivity index (χ0) is 10.8. The van der Waals surface area contributed by atoms with E-state index in [-0.39, 0.29) is 11.8 Å². The van der Waals surface area contributed by atoms with Gasteiger partial charge in [0.25, 0.3) is 0 Å². The van der Waals surface area contributed by atoms with E-state index in [0.717, 1.165) is 0 Å². The molecule has 0 aliphatic carbocycles. The summed E-state index contributed by atoms with van der Waals surface area (Å²) >= 11 is 0. The van der Waals surface area contributed by atoms with Crippen molar-refractivity contribution in [1.29, 1.82) is 0 Å². The van der Waals surface area contributed by atoms with Gasteiger partial charge in [0.2, 0.25) is 0 Å². The van der Waals surface area contributed by atoms with Gasteiger partial charge in [0.1, 0.15) is 5.78 Å². The van der Waals surface area contributed by atoms with Crippen LogP contribution in [0.3, 0.4) is 0 Å². The highest BCUT2D eigenvalue weighted by Gasteiger charge is 2.27. The molecule has 1 aliphatic rings. The number of rotatable bonds is 1. The maximum Gasteiger partial charge on any atom is 0.330 e. The van der Waals surface area contributed by atoms with Crippen LogP contribution in [0.25, 0.3) is 0 Å². The van der Waals surface area contributed by atoms with Crippen molar-refractivity contribution in [3.05, 3.63) is 0 Å². The van der Waals surface area contributed by atoms with Crippen LogP contribution in [0.5, 0.6) is 0 Å². The molecule has 80 valence electrons. The Morgan fingerprint density at radius 2 is 1.79 bits per heavy atom. The van der Waals surface area contributed by atoms with Gasteiger partial charge in [-0.15, -0.1) is 5.06 Å². The van der Waals surface area contributed by atoms with E-state index in [4.69, 9.17) is 4.84 Å². The van der Waals surface area contributed by atoms with Gasteiger partial charge in [0.05, 0.1) is 5.41 Å². The van der Waals surface area contributed by atoms with Gasteiger partial charge < -0.3 is 4.84 Å². The van der Waals surface area contributed by atoms with E-state index in [1.165, 1.54) is 0 Å². The lowest BCUT2D eigenvalue weighted by Crippen LogP contribution is -2.38. The fourth-order valence-corrected chi connectivity index (χ4v) is 1.08. The average molecular weight is 199 g/mol. The third kappa shape index (κ3) is 3.10. The molecule has 0 N–H and O–H groups in total. The lowest BCUT2D eigenvalue weighted by atomic mass is 9.98. The summed E-state index contributed by atoms with van der Waals surface area (Å²) in [6.45, 7) is 6.49. The van der Waals surface area contributed by atoms with Crippen LogP contribution < -0.4 is 0 Å². The van der Waals surface area contributed by atoms with Crippen LogP contribution in [0.2, 0.25) is 0 Å². The number of hydrogen-bond donors (Lipinski definition) is 0.